The van der Waals surface area contributed by atoms with Gasteiger partial charge in [-0.3, -0.25) is 9.36 Å². The molecule has 0 atom stereocenters. The standard InChI is InChI=1S/C18H13BrF3N3O/c19-16-17(23-8-12-4-5-14(21)7-15(12)22)24-10-25(18(16)26)9-11-2-1-3-13(20)6-11/h1-7,10,23H,8-9H2. The first-order chi connectivity index (χ1) is 12.4. The highest BCUT2D eigenvalue weighted by Crippen LogP contribution is 2.17. The van der Waals surface area contributed by atoms with Crippen LogP contribution < -0.4 is 10.9 Å². The van der Waals surface area contributed by atoms with Crippen LogP contribution in [-0.4, -0.2) is 9.55 Å². The number of rotatable bonds is 5. The van der Waals surface area contributed by atoms with Crippen molar-refractivity contribution in [3.8, 4) is 0 Å². The van der Waals surface area contributed by atoms with Crippen LogP contribution in [0.4, 0.5) is 19.0 Å². The number of hydrogen-bond donors (Lipinski definition) is 1. The molecule has 0 radical (unpaired) electrons. The second-order valence-electron chi connectivity index (χ2n) is 5.56. The second kappa shape index (κ2) is 7.74. The highest BCUT2D eigenvalue weighted by molar-refractivity contribution is 9.10. The minimum atomic E-state index is -0.687. The summed E-state index contributed by atoms with van der Waals surface area (Å²) in [6.07, 6.45) is 1.32. The first-order valence-corrected chi connectivity index (χ1v) is 8.40. The summed E-state index contributed by atoms with van der Waals surface area (Å²) < 4.78 is 41.3. The van der Waals surface area contributed by atoms with E-state index in [1.807, 2.05) is 0 Å². The van der Waals surface area contributed by atoms with Crippen molar-refractivity contribution in [3.63, 3.8) is 0 Å². The van der Waals surface area contributed by atoms with Crippen LogP contribution in [0.2, 0.25) is 0 Å². The average Bonchev–Trinajstić information content (AvgIpc) is 2.60. The van der Waals surface area contributed by atoms with E-state index >= 15 is 0 Å². The maximum absolute atomic E-state index is 13.7. The largest absolute Gasteiger partial charge is 0.365 e. The third-order valence-corrected chi connectivity index (χ3v) is 4.40. The lowest BCUT2D eigenvalue weighted by Crippen LogP contribution is -2.23. The Bertz CT molecular complexity index is 1010. The Morgan fingerprint density at radius 3 is 2.58 bits per heavy atom. The topological polar surface area (TPSA) is 46.9 Å². The average molecular weight is 424 g/mol. The predicted molar refractivity (Wildman–Crippen MR) is 95.4 cm³/mol. The molecule has 2 aromatic carbocycles. The molecule has 0 spiro atoms. The van der Waals surface area contributed by atoms with E-state index in [4.69, 9.17) is 0 Å². The first-order valence-electron chi connectivity index (χ1n) is 7.61. The van der Waals surface area contributed by atoms with E-state index in [1.54, 1.807) is 12.1 Å². The molecule has 1 heterocycles. The van der Waals surface area contributed by atoms with Gasteiger partial charge in [0.1, 0.15) is 34.1 Å². The maximum atomic E-state index is 13.7. The zero-order valence-corrected chi connectivity index (χ0v) is 14.9. The molecule has 1 aromatic heterocycles. The molecule has 0 bridgehead atoms. The number of halogens is 4. The van der Waals surface area contributed by atoms with Crippen molar-refractivity contribution in [1.82, 2.24) is 9.55 Å². The molecule has 134 valence electrons. The van der Waals surface area contributed by atoms with Crippen LogP contribution in [0.25, 0.3) is 0 Å². The molecule has 0 fully saturated rings. The number of benzene rings is 2. The third-order valence-electron chi connectivity index (χ3n) is 3.69. The van der Waals surface area contributed by atoms with Gasteiger partial charge < -0.3 is 5.32 Å². The quantitative estimate of drug-likeness (QED) is 0.672. The fourth-order valence-electron chi connectivity index (χ4n) is 2.38. The van der Waals surface area contributed by atoms with Crippen molar-refractivity contribution in [2.45, 2.75) is 13.1 Å². The Morgan fingerprint density at radius 2 is 1.85 bits per heavy atom. The van der Waals surface area contributed by atoms with Crippen LogP contribution in [0.5, 0.6) is 0 Å². The van der Waals surface area contributed by atoms with Gasteiger partial charge in [0.2, 0.25) is 0 Å². The minimum Gasteiger partial charge on any atom is -0.365 e. The highest BCUT2D eigenvalue weighted by Gasteiger charge is 2.11. The van der Waals surface area contributed by atoms with E-state index in [-0.39, 0.29) is 40.3 Å². The lowest BCUT2D eigenvalue weighted by atomic mass is 10.2. The number of hydrogen-bond acceptors (Lipinski definition) is 3. The maximum Gasteiger partial charge on any atom is 0.270 e. The number of aromatic nitrogens is 2. The van der Waals surface area contributed by atoms with Gasteiger partial charge in [0, 0.05) is 18.2 Å². The van der Waals surface area contributed by atoms with Crippen LogP contribution in [0, 0.1) is 17.5 Å². The second-order valence-corrected chi connectivity index (χ2v) is 6.35. The van der Waals surface area contributed by atoms with Crippen molar-refractivity contribution in [1.29, 1.82) is 0 Å². The fraction of sp³-hybridized carbons (Fsp3) is 0.111. The van der Waals surface area contributed by atoms with Crippen molar-refractivity contribution in [2.24, 2.45) is 0 Å². The van der Waals surface area contributed by atoms with Gasteiger partial charge in [-0.1, -0.05) is 18.2 Å². The number of anilines is 1. The molecule has 0 aliphatic heterocycles. The first kappa shape index (κ1) is 18.2. The Morgan fingerprint density at radius 1 is 1.08 bits per heavy atom. The van der Waals surface area contributed by atoms with Crippen molar-refractivity contribution in [2.75, 3.05) is 5.32 Å². The lowest BCUT2D eigenvalue weighted by molar-refractivity contribution is 0.574. The van der Waals surface area contributed by atoms with Gasteiger partial charge in [0.15, 0.2) is 0 Å². The van der Waals surface area contributed by atoms with Crippen molar-refractivity contribution < 1.29 is 13.2 Å². The molecule has 0 unspecified atom stereocenters. The van der Waals surface area contributed by atoms with Gasteiger partial charge in [0.05, 0.1) is 6.54 Å². The summed E-state index contributed by atoms with van der Waals surface area (Å²) >= 11 is 3.18. The smallest absolute Gasteiger partial charge is 0.270 e. The Kier molecular flexibility index (Phi) is 5.41. The van der Waals surface area contributed by atoms with E-state index in [9.17, 15) is 18.0 Å². The molecule has 1 N–H and O–H groups in total. The summed E-state index contributed by atoms with van der Waals surface area (Å²) in [5.74, 6) is -1.50. The van der Waals surface area contributed by atoms with E-state index in [1.165, 1.54) is 29.1 Å². The molecular formula is C18H13BrF3N3O. The van der Waals surface area contributed by atoms with E-state index in [2.05, 4.69) is 26.2 Å². The third kappa shape index (κ3) is 4.13. The summed E-state index contributed by atoms with van der Waals surface area (Å²) in [7, 11) is 0. The van der Waals surface area contributed by atoms with Crippen LogP contribution in [0.3, 0.4) is 0 Å². The molecule has 0 aliphatic carbocycles. The predicted octanol–water partition coefficient (Wildman–Crippen LogP) is 4.08. The molecule has 3 aromatic rings. The summed E-state index contributed by atoms with van der Waals surface area (Å²) in [5.41, 5.74) is 0.491. The van der Waals surface area contributed by atoms with E-state index in [0.717, 1.165) is 12.1 Å². The molecule has 0 saturated carbocycles. The molecule has 3 rings (SSSR count). The Balaban J connectivity index is 1.78. The molecule has 0 saturated heterocycles. The van der Waals surface area contributed by atoms with Gasteiger partial charge in [0.25, 0.3) is 5.56 Å². The fourth-order valence-corrected chi connectivity index (χ4v) is 2.85. The SMILES string of the molecule is O=c1c(Br)c(NCc2ccc(F)cc2F)ncn1Cc1cccc(F)c1. The monoisotopic (exact) mass is 423 g/mol. The van der Waals surface area contributed by atoms with Gasteiger partial charge in [-0.15, -0.1) is 0 Å². The Hall–Kier alpha value is -2.61. The zero-order chi connectivity index (χ0) is 18.7. The van der Waals surface area contributed by atoms with Crippen molar-refractivity contribution >= 4 is 21.7 Å². The minimum absolute atomic E-state index is 0.0328. The molecular weight excluding hydrogens is 411 g/mol. The van der Waals surface area contributed by atoms with Crippen LogP contribution in [0.15, 0.2) is 58.1 Å². The van der Waals surface area contributed by atoms with Crippen molar-refractivity contribution in [3.05, 3.63) is 92.2 Å². The van der Waals surface area contributed by atoms with Crippen LogP contribution in [0.1, 0.15) is 11.1 Å². The molecule has 0 aliphatic rings. The summed E-state index contributed by atoms with van der Waals surface area (Å²) in [6.45, 7) is 0.195. The molecule has 4 nitrogen and oxygen atoms in total. The highest BCUT2D eigenvalue weighted by atomic mass is 79.9. The summed E-state index contributed by atoms with van der Waals surface area (Å²) in [6, 6.07) is 9.18. The number of nitrogens with one attached hydrogen (secondary N) is 1. The molecule has 8 heteroatoms. The van der Waals surface area contributed by atoms with Crippen LogP contribution >= 0.6 is 15.9 Å². The van der Waals surface area contributed by atoms with Crippen LogP contribution in [-0.2, 0) is 13.1 Å². The zero-order valence-electron chi connectivity index (χ0n) is 13.3. The van der Waals surface area contributed by atoms with Gasteiger partial charge in [-0.2, -0.15) is 0 Å². The summed E-state index contributed by atoms with van der Waals surface area (Å²) in [5, 5.41) is 2.84. The van der Waals surface area contributed by atoms with Gasteiger partial charge in [-0.05, 0) is 39.7 Å². The molecule has 26 heavy (non-hydrogen) atoms. The number of nitrogens with zero attached hydrogens (tertiary/aromatic N) is 2. The normalized spacial score (nSPS) is 10.8. The van der Waals surface area contributed by atoms with Gasteiger partial charge >= 0.3 is 0 Å². The van der Waals surface area contributed by atoms with Gasteiger partial charge in [-0.25, -0.2) is 18.2 Å². The van der Waals surface area contributed by atoms with E-state index in [0.29, 0.717) is 5.56 Å². The Labute approximate surface area is 155 Å². The molecule has 0 amide bonds. The summed E-state index contributed by atoms with van der Waals surface area (Å²) in [4.78, 5) is 16.6. The van der Waals surface area contributed by atoms with E-state index < -0.39 is 11.6 Å². The lowest BCUT2D eigenvalue weighted by Gasteiger charge is -2.11.